The first-order valence-electron chi connectivity index (χ1n) is 5.51. The molecule has 0 radical (unpaired) electrons. The van der Waals surface area contributed by atoms with Crippen molar-refractivity contribution in [2.75, 3.05) is 14.2 Å². The van der Waals surface area contributed by atoms with Gasteiger partial charge in [0.05, 0.1) is 21.4 Å². The molecule has 2 rings (SSSR count). The quantitative estimate of drug-likeness (QED) is 0.789. The van der Waals surface area contributed by atoms with E-state index in [-0.39, 0.29) is 11.9 Å². The molecular weight excluding hydrogens is 397 g/mol. The van der Waals surface area contributed by atoms with E-state index < -0.39 is 0 Å². The first kappa shape index (κ1) is 15.0. The molecule has 0 bridgehead atoms. The monoisotopic (exact) mass is 407 g/mol. The molecule has 0 spiro atoms. The molecule has 0 amide bonds. The summed E-state index contributed by atoms with van der Waals surface area (Å²) in [6, 6.07) is 5.14. The van der Waals surface area contributed by atoms with Crippen molar-refractivity contribution in [1.29, 1.82) is 0 Å². The molecule has 2 nitrogen and oxygen atoms in total. The average molecular weight is 409 g/mol. The summed E-state index contributed by atoms with van der Waals surface area (Å²) in [4.78, 5) is 0. The Balaban J connectivity index is 2.51. The molecule has 0 fully saturated rings. The highest BCUT2D eigenvalue weighted by Crippen LogP contribution is 2.36. The van der Waals surface area contributed by atoms with E-state index in [2.05, 4.69) is 42.6 Å². The molecule has 0 aliphatic heterocycles. The van der Waals surface area contributed by atoms with Crippen molar-refractivity contribution >= 4 is 43.2 Å². The summed E-state index contributed by atoms with van der Waals surface area (Å²) in [5.41, 5.74) is 2.00. The van der Waals surface area contributed by atoms with Gasteiger partial charge in [-0.1, -0.05) is 0 Å². The zero-order valence-electron chi connectivity index (χ0n) is 10.3. The van der Waals surface area contributed by atoms with Crippen LogP contribution < -0.4 is 10.1 Å². The summed E-state index contributed by atoms with van der Waals surface area (Å²) in [5.74, 6) is 0.198. The summed E-state index contributed by atoms with van der Waals surface area (Å²) in [6.07, 6.45) is 0. The number of methoxy groups -OCH3 is 1. The Morgan fingerprint density at radius 2 is 2.05 bits per heavy atom. The predicted molar refractivity (Wildman–Crippen MR) is 83.6 cm³/mol. The summed E-state index contributed by atoms with van der Waals surface area (Å²) < 4.78 is 20.3. The lowest BCUT2D eigenvalue weighted by molar-refractivity contribution is 0.401. The number of hydrogen-bond donors (Lipinski definition) is 1. The van der Waals surface area contributed by atoms with Gasteiger partial charge in [-0.05, 0) is 62.0 Å². The number of hydrogen-bond acceptors (Lipinski definition) is 3. The van der Waals surface area contributed by atoms with Gasteiger partial charge in [0.15, 0.2) is 0 Å². The van der Waals surface area contributed by atoms with Crippen LogP contribution in [0.2, 0.25) is 0 Å². The molecule has 1 N–H and O–H groups in total. The Morgan fingerprint density at radius 1 is 1.32 bits per heavy atom. The van der Waals surface area contributed by atoms with Gasteiger partial charge in [-0.3, -0.25) is 0 Å². The van der Waals surface area contributed by atoms with Crippen LogP contribution in [0.15, 0.2) is 31.8 Å². The molecule has 0 saturated carbocycles. The standard InChI is InChI=1S/C13H12Br2FNOS/c1-17-13(7-3-12(15)19-6-7)8-4-9(14)10(16)5-11(8)18-2/h3-6,13,17H,1-2H3. The van der Waals surface area contributed by atoms with Crippen LogP contribution >= 0.6 is 43.2 Å². The number of nitrogens with one attached hydrogen (secondary N) is 1. The lowest BCUT2D eigenvalue weighted by Gasteiger charge is -2.19. The van der Waals surface area contributed by atoms with Crippen molar-refractivity contribution in [1.82, 2.24) is 5.32 Å². The van der Waals surface area contributed by atoms with Crippen LogP contribution in [0, 0.1) is 5.82 Å². The van der Waals surface area contributed by atoms with E-state index in [4.69, 9.17) is 4.74 Å². The Morgan fingerprint density at radius 3 is 2.58 bits per heavy atom. The third-order valence-electron chi connectivity index (χ3n) is 2.79. The van der Waals surface area contributed by atoms with Gasteiger partial charge in [0, 0.05) is 11.6 Å². The maximum atomic E-state index is 13.6. The van der Waals surface area contributed by atoms with Crippen LogP contribution in [0.1, 0.15) is 17.2 Å². The van der Waals surface area contributed by atoms with E-state index in [1.165, 1.54) is 6.07 Å². The molecule has 6 heteroatoms. The van der Waals surface area contributed by atoms with Gasteiger partial charge in [0.1, 0.15) is 11.6 Å². The lowest BCUT2D eigenvalue weighted by atomic mass is 10.0. The second kappa shape index (κ2) is 6.35. The minimum atomic E-state index is -0.332. The fourth-order valence-electron chi connectivity index (χ4n) is 1.92. The molecule has 0 saturated heterocycles. The molecule has 102 valence electrons. The smallest absolute Gasteiger partial charge is 0.141 e. The number of halogens is 3. The van der Waals surface area contributed by atoms with Gasteiger partial charge >= 0.3 is 0 Å². The topological polar surface area (TPSA) is 21.3 Å². The van der Waals surface area contributed by atoms with E-state index in [9.17, 15) is 4.39 Å². The van der Waals surface area contributed by atoms with E-state index in [0.717, 1.165) is 14.9 Å². The number of thiophene rings is 1. The van der Waals surface area contributed by atoms with Gasteiger partial charge < -0.3 is 10.1 Å². The van der Waals surface area contributed by atoms with Gasteiger partial charge in [-0.15, -0.1) is 11.3 Å². The van der Waals surface area contributed by atoms with Gasteiger partial charge in [-0.2, -0.15) is 0 Å². The van der Waals surface area contributed by atoms with Crippen LogP contribution in [-0.4, -0.2) is 14.2 Å². The maximum absolute atomic E-state index is 13.6. The molecule has 1 unspecified atom stereocenters. The summed E-state index contributed by atoms with van der Waals surface area (Å²) in [6.45, 7) is 0. The molecule has 1 aromatic carbocycles. The molecule has 2 aromatic rings. The van der Waals surface area contributed by atoms with E-state index >= 15 is 0 Å². The minimum absolute atomic E-state index is 0.0469. The Labute approximate surface area is 132 Å². The van der Waals surface area contributed by atoms with Crippen LogP contribution in [0.3, 0.4) is 0 Å². The highest BCUT2D eigenvalue weighted by molar-refractivity contribution is 9.11. The molecule has 0 aliphatic carbocycles. The average Bonchev–Trinajstić information content (AvgIpc) is 2.81. The Bertz CT molecular complexity index is 588. The van der Waals surface area contributed by atoms with E-state index in [1.807, 2.05) is 13.1 Å². The van der Waals surface area contributed by atoms with Crippen LogP contribution in [0.4, 0.5) is 4.39 Å². The zero-order valence-corrected chi connectivity index (χ0v) is 14.3. The molecule has 19 heavy (non-hydrogen) atoms. The Hall–Kier alpha value is -0.430. The van der Waals surface area contributed by atoms with Crippen molar-refractivity contribution in [2.45, 2.75) is 6.04 Å². The molecule has 1 heterocycles. The van der Waals surface area contributed by atoms with Gasteiger partial charge in [0.25, 0.3) is 0 Å². The summed E-state index contributed by atoms with van der Waals surface area (Å²) in [5, 5.41) is 5.29. The minimum Gasteiger partial charge on any atom is -0.496 e. The highest BCUT2D eigenvalue weighted by Gasteiger charge is 2.20. The van der Waals surface area contributed by atoms with E-state index in [0.29, 0.717) is 10.2 Å². The third kappa shape index (κ3) is 3.18. The summed E-state index contributed by atoms with van der Waals surface area (Å²) >= 11 is 8.29. The predicted octanol–water partition coefficient (Wildman–Crippen LogP) is 4.73. The number of rotatable bonds is 4. The lowest BCUT2D eigenvalue weighted by Crippen LogP contribution is -2.18. The molecule has 0 aliphatic rings. The van der Waals surface area contributed by atoms with Crippen LogP contribution in [-0.2, 0) is 0 Å². The molecule has 1 atom stereocenters. The van der Waals surface area contributed by atoms with Gasteiger partial charge in [-0.25, -0.2) is 4.39 Å². The number of ether oxygens (including phenoxy) is 1. The Kier molecular flexibility index (Phi) is 5.00. The largest absolute Gasteiger partial charge is 0.496 e. The molecule has 1 aromatic heterocycles. The first-order valence-corrected chi connectivity index (χ1v) is 7.97. The van der Waals surface area contributed by atoms with Crippen molar-refractivity contribution in [3.05, 3.63) is 48.8 Å². The molecular formula is C13H12Br2FNOS. The van der Waals surface area contributed by atoms with E-state index in [1.54, 1.807) is 24.5 Å². The van der Waals surface area contributed by atoms with Crippen molar-refractivity contribution < 1.29 is 9.13 Å². The zero-order chi connectivity index (χ0) is 14.0. The number of benzene rings is 1. The van der Waals surface area contributed by atoms with Crippen LogP contribution in [0.25, 0.3) is 0 Å². The van der Waals surface area contributed by atoms with Crippen molar-refractivity contribution in [3.63, 3.8) is 0 Å². The SMILES string of the molecule is CNC(c1csc(Br)c1)c1cc(Br)c(F)cc1OC. The van der Waals surface area contributed by atoms with Crippen LogP contribution in [0.5, 0.6) is 5.75 Å². The first-order chi connectivity index (χ1) is 9.06. The highest BCUT2D eigenvalue weighted by atomic mass is 79.9. The normalized spacial score (nSPS) is 12.5. The summed E-state index contributed by atoms with van der Waals surface area (Å²) in [7, 11) is 3.41. The fraction of sp³-hybridized carbons (Fsp3) is 0.231. The van der Waals surface area contributed by atoms with Gasteiger partial charge in [0.2, 0.25) is 0 Å². The second-order valence-electron chi connectivity index (χ2n) is 3.91. The maximum Gasteiger partial charge on any atom is 0.141 e. The van der Waals surface area contributed by atoms with Crippen molar-refractivity contribution in [3.8, 4) is 5.75 Å². The third-order valence-corrected chi connectivity index (χ3v) is 4.92. The van der Waals surface area contributed by atoms with Crippen molar-refractivity contribution in [2.24, 2.45) is 0 Å². The fourth-order valence-corrected chi connectivity index (χ4v) is 3.49. The second-order valence-corrected chi connectivity index (χ2v) is 7.06.